The van der Waals surface area contributed by atoms with E-state index in [9.17, 15) is 13.9 Å². The van der Waals surface area contributed by atoms with E-state index >= 15 is 0 Å². The summed E-state index contributed by atoms with van der Waals surface area (Å²) in [5, 5.41) is 10.3. The number of hydrogen-bond acceptors (Lipinski definition) is 2. The highest BCUT2D eigenvalue weighted by molar-refractivity contribution is 5.21. The molecule has 0 spiro atoms. The van der Waals surface area contributed by atoms with Crippen LogP contribution < -0.4 is 0 Å². The number of hydrogen-bond donors (Lipinski definition) is 1. The van der Waals surface area contributed by atoms with Crippen LogP contribution in [0.25, 0.3) is 0 Å². The molecule has 1 aromatic rings. The molecule has 1 aliphatic heterocycles. The van der Waals surface area contributed by atoms with Crippen LogP contribution in [-0.2, 0) is 0 Å². The first-order valence-electron chi connectivity index (χ1n) is 8.03. The van der Waals surface area contributed by atoms with Gasteiger partial charge in [-0.05, 0) is 44.2 Å². The highest BCUT2D eigenvalue weighted by atomic mass is 19.2. The monoisotopic (exact) mass is 295 g/mol. The fourth-order valence-corrected chi connectivity index (χ4v) is 4.05. The first kappa shape index (κ1) is 14.9. The van der Waals surface area contributed by atoms with E-state index in [-0.39, 0.29) is 5.56 Å². The standard InChI is InChI=1S/C17H23F2NO/c18-14-8-3-7-13(17(14)19)16(21)11-20-10-4-9-15(20)12-5-1-2-6-12/h3,7-8,12,15-16,21H,1-2,4-6,9-11H2. The molecule has 2 unspecified atom stereocenters. The maximum atomic E-state index is 13.8. The fourth-order valence-electron chi connectivity index (χ4n) is 4.05. The molecule has 4 heteroatoms. The molecule has 2 nitrogen and oxygen atoms in total. The fraction of sp³-hybridized carbons (Fsp3) is 0.647. The molecule has 116 valence electrons. The van der Waals surface area contributed by atoms with Gasteiger partial charge >= 0.3 is 0 Å². The number of benzene rings is 1. The van der Waals surface area contributed by atoms with Crippen molar-refractivity contribution in [2.45, 2.75) is 50.7 Å². The molecule has 0 aromatic heterocycles. The summed E-state index contributed by atoms with van der Waals surface area (Å²) in [6.07, 6.45) is 6.49. The van der Waals surface area contributed by atoms with Crippen LogP contribution >= 0.6 is 0 Å². The highest BCUT2D eigenvalue weighted by Crippen LogP contribution is 2.36. The SMILES string of the molecule is OC(CN1CCCC1C1CCCC1)c1cccc(F)c1F. The Labute approximate surface area is 124 Å². The topological polar surface area (TPSA) is 23.5 Å². The first-order chi connectivity index (χ1) is 10.2. The normalized spacial score (nSPS) is 25.6. The minimum Gasteiger partial charge on any atom is -0.387 e. The van der Waals surface area contributed by atoms with Crippen molar-refractivity contribution in [3.8, 4) is 0 Å². The smallest absolute Gasteiger partial charge is 0.164 e. The second-order valence-electron chi connectivity index (χ2n) is 6.41. The Hall–Kier alpha value is -1.00. The molecule has 0 radical (unpaired) electrons. The van der Waals surface area contributed by atoms with E-state index in [1.54, 1.807) is 0 Å². The summed E-state index contributed by atoms with van der Waals surface area (Å²) in [5.41, 5.74) is 0.0760. The Morgan fingerprint density at radius 2 is 1.90 bits per heavy atom. The third kappa shape index (κ3) is 3.11. The summed E-state index contributed by atoms with van der Waals surface area (Å²) in [7, 11) is 0. The Kier molecular flexibility index (Phi) is 4.55. The van der Waals surface area contributed by atoms with E-state index in [1.165, 1.54) is 44.2 Å². The maximum Gasteiger partial charge on any atom is 0.164 e. The van der Waals surface area contributed by atoms with E-state index in [1.807, 2.05) is 0 Å². The van der Waals surface area contributed by atoms with Crippen molar-refractivity contribution >= 4 is 0 Å². The van der Waals surface area contributed by atoms with Gasteiger partial charge in [0.15, 0.2) is 11.6 Å². The third-order valence-corrected chi connectivity index (χ3v) is 5.11. The lowest BCUT2D eigenvalue weighted by molar-refractivity contribution is 0.0866. The zero-order valence-electron chi connectivity index (χ0n) is 12.3. The van der Waals surface area contributed by atoms with Gasteiger partial charge in [0, 0.05) is 18.2 Å². The second kappa shape index (κ2) is 6.41. The molecule has 1 heterocycles. The van der Waals surface area contributed by atoms with Gasteiger partial charge in [0.05, 0.1) is 6.10 Å². The number of nitrogens with zero attached hydrogens (tertiary/aromatic N) is 1. The van der Waals surface area contributed by atoms with Gasteiger partial charge in [0.1, 0.15) is 0 Å². The van der Waals surface area contributed by atoms with Gasteiger partial charge in [0.25, 0.3) is 0 Å². The van der Waals surface area contributed by atoms with E-state index in [2.05, 4.69) is 4.90 Å². The summed E-state index contributed by atoms with van der Waals surface area (Å²) in [5.74, 6) is -1.08. The van der Waals surface area contributed by atoms with Crippen molar-refractivity contribution in [3.05, 3.63) is 35.4 Å². The van der Waals surface area contributed by atoms with Gasteiger partial charge in [-0.25, -0.2) is 8.78 Å². The number of aliphatic hydroxyl groups is 1. The number of β-amino-alcohol motifs (C(OH)–C–C–N with tert-alkyl or cyclic N) is 1. The molecule has 3 rings (SSSR count). The minimum atomic E-state index is -0.956. The molecule has 1 N–H and O–H groups in total. The molecule has 1 aromatic carbocycles. The molecule has 0 amide bonds. The molecule has 2 fully saturated rings. The molecule has 2 aliphatic rings. The molecular formula is C17H23F2NO. The van der Waals surface area contributed by atoms with Gasteiger partial charge < -0.3 is 5.11 Å². The molecule has 0 bridgehead atoms. The number of halogens is 2. The summed E-state index contributed by atoms with van der Waals surface area (Å²) >= 11 is 0. The minimum absolute atomic E-state index is 0.0760. The predicted octanol–water partition coefficient (Wildman–Crippen LogP) is 3.65. The van der Waals surface area contributed by atoms with Gasteiger partial charge in [-0.15, -0.1) is 0 Å². The average molecular weight is 295 g/mol. The van der Waals surface area contributed by atoms with E-state index in [0.29, 0.717) is 12.6 Å². The number of rotatable bonds is 4. The highest BCUT2D eigenvalue weighted by Gasteiger charge is 2.34. The zero-order valence-corrected chi connectivity index (χ0v) is 12.3. The second-order valence-corrected chi connectivity index (χ2v) is 6.41. The van der Waals surface area contributed by atoms with Crippen LogP contribution in [0.5, 0.6) is 0 Å². The summed E-state index contributed by atoms with van der Waals surface area (Å²) in [6, 6.07) is 4.53. The van der Waals surface area contributed by atoms with Crippen LogP contribution in [-0.4, -0.2) is 29.1 Å². The molecule has 1 saturated carbocycles. The van der Waals surface area contributed by atoms with Crippen molar-refractivity contribution < 1.29 is 13.9 Å². The first-order valence-corrected chi connectivity index (χ1v) is 8.03. The van der Waals surface area contributed by atoms with Crippen LogP contribution in [0.4, 0.5) is 8.78 Å². The molecule has 1 aliphatic carbocycles. The van der Waals surface area contributed by atoms with Gasteiger partial charge in [-0.3, -0.25) is 4.90 Å². The van der Waals surface area contributed by atoms with Crippen LogP contribution in [0.3, 0.4) is 0 Å². The zero-order chi connectivity index (χ0) is 14.8. The van der Waals surface area contributed by atoms with Crippen molar-refractivity contribution in [2.75, 3.05) is 13.1 Å². The number of aliphatic hydroxyl groups excluding tert-OH is 1. The molecule has 1 saturated heterocycles. The largest absolute Gasteiger partial charge is 0.387 e. The summed E-state index contributed by atoms with van der Waals surface area (Å²) in [6.45, 7) is 1.36. The van der Waals surface area contributed by atoms with Gasteiger partial charge in [-0.2, -0.15) is 0 Å². The third-order valence-electron chi connectivity index (χ3n) is 5.11. The lowest BCUT2D eigenvalue weighted by Gasteiger charge is -2.31. The lowest BCUT2D eigenvalue weighted by atomic mass is 9.95. The van der Waals surface area contributed by atoms with Gasteiger partial charge in [0.2, 0.25) is 0 Å². The van der Waals surface area contributed by atoms with E-state index in [0.717, 1.165) is 24.9 Å². The van der Waals surface area contributed by atoms with Crippen LogP contribution in [0.1, 0.15) is 50.2 Å². The van der Waals surface area contributed by atoms with Crippen LogP contribution in [0.2, 0.25) is 0 Å². The Morgan fingerprint density at radius 1 is 1.14 bits per heavy atom. The Morgan fingerprint density at radius 3 is 2.67 bits per heavy atom. The van der Waals surface area contributed by atoms with E-state index < -0.39 is 17.7 Å². The molecule has 2 atom stereocenters. The Balaban J connectivity index is 1.68. The quantitative estimate of drug-likeness (QED) is 0.916. The predicted molar refractivity (Wildman–Crippen MR) is 77.9 cm³/mol. The molecule has 21 heavy (non-hydrogen) atoms. The van der Waals surface area contributed by atoms with E-state index in [4.69, 9.17) is 0 Å². The van der Waals surface area contributed by atoms with Crippen molar-refractivity contribution in [3.63, 3.8) is 0 Å². The number of likely N-dealkylation sites (tertiary alicyclic amines) is 1. The van der Waals surface area contributed by atoms with Crippen molar-refractivity contribution in [2.24, 2.45) is 5.92 Å². The summed E-state index contributed by atoms with van der Waals surface area (Å²) < 4.78 is 27.0. The van der Waals surface area contributed by atoms with Crippen LogP contribution in [0, 0.1) is 17.6 Å². The van der Waals surface area contributed by atoms with Crippen molar-refractivity contribution in [1.29, 1.82) is 0 Å². The van der Waals surface area contributed by atoms with Gasteiger partial charge in [-0.1, -0.05) is 25.0 Å². The Bertz CT molecular complexity index is 488. The lowest BCUT2D eigenvalue weighted by Crippen LogP contribution is -2.37. The summed E-state index contributed by atoms with van der Waals surface area (Å²) in [4.78, 5) is 2.28. The average Bonchev–Trinajstić information content (AvgIpc) is 3.12. The molecular weight excluding hydrogens is 272 g/mol. The maximum absolute atomic E-state index is 13.8. The van der Waals surface area contributed by atoms with Crippen molar-refractivity contribution in [1.82, 2.24) is 4.90 Å². The van der Waals surface area contributed by atoms with Crippen LogP contribution in [0.15, 0.2) is 18.2 Å².